The summed E-state index contributed by atoms with van der Waals surface area (Å²) >= 11 is 0. The first-order valence-corrected chi connectivity index (χ1v) is 7.09. The molecule has 0 saturated heterocycles. The lowest BCUT2D eigenvalue weighted by Gasteiger charge is -2.08. The number of nitrogen functional groups attached to an aromatic ring is 3. The standard InChI is InChI=1S/C18H16N4/c19-11-6-7-17-13(8-11)14-9-15(20)16(21)10-18(14)22(17)12-4-2-1-3-5-12/h1-10H,19-21H2. The summed E-state index contributed by atoms with van der Waals surface area (Å²) in [4.78, 5) is 0. The molecular formula is C18H16N4. The Morgan fingerprint density at radius 2 is 1.32 bits per heavy atom. The number of para-hydroxylation sites is 1. The van der Waals surface area contributed by atoms with Gasteiger partial charge in [0.25, 0.3) is 0 Å². The second-order valence-electron chi connectivity index (χ2n) is 5.45. The molecule has 0 spiro atoms. The SMILES string of the molecule is Nc1ccc2c(c1)c1cc(N)c(N)cc1n2-c1ccccc1. The van der Waals surface area contributed by atoms with Crippen LogP contribution in [0.5, 0.6) is 0 Å². The summed E-state index contributed by atoms with van der Waals surface area (Å²) in [5.74, 6) is 0. The van der Waals surface area contributed by atoms with E-state index in [0.29, 0.717) is 11.4 Å². The molecule has 0 saturated carbocycles. The van der Waals surface area contributed by atoms with Gasteiger partial charge in [0.2, 0.25) is 0 Å². The number of fused-ring (bicyclic) bond motifs is 3. The molecule has 6 N–H and O–H groups in total. The Kier molecular flexibility index (Phi) is 2.53. The van der Waals surface area contributed by atoms with E-state index in [2.05, 4.69) is 16.7 Å². The Bertz CT molecular complexity index is 1000. The highest BCUT2D eigenvalue weighted by atomic mass is 15.0. The van der Waals surface area contributed by atoms with E-state index in [1.54, 1.807) is 0 Å². The van der Waals surface area contributed by atoms with Gasteiger partial charge < -0.3 is 21.8 Å². The number of anilines is 3. The summed E-state index contributed by atoms with van der Waals surface area (Å²) < 4.78 is 2.18. The van der Waals surface area contributed by atoms with E-state index in [4.69, 9.17) is 17.2 Å². The molecule has 4 aromatic rings. The Labute approximate surface area is 127 Å². The van der Waals surface area contributed by atoms with Crippen molar-refractivity contribution < 1.29 is 0 Å². The zero-order valence-electron chi connectivity index (χ0n) is 12.0. The van der Waals surface area contributed by atoms with Gasteiger partial charge in [-0.2, -0.15) is 0 Å². The highest BCUT2D eigenvalue weighted by molar-refractivity contribution is 6.12. The van der Waals surface area contributed by atoms with Crippen LogP contribution < -0.4 is 17.2 Å². The zero-order valence-corrected chi connectivity index (χ0v) is 12.0. The fourth-order valence-corrected chi connectivity index (χ4v) is 2.97. The molecule has 3 aromatic carbocycles. The minimum absolute atomic E-state index is 0.584. The van der Waals surface area contributed by atoms with E-state index in [1.807, 2.05) is 48.5 Å². The first-order chi connectivity index (χ1) is 10.6. The van der Waals surface area contributed by atoms with E-state index in [0.717, 1.165) is 33.2 Å². The monoisotopic (exact) mass is 288 g/mol. The third-order valence-corrected chi connectivity index (χ3v) is 4.01. The van der Waals surface area contributed by atoms with Crippen molar-refractivity contribution in [3.05, 3.63) is 60.7 Å². The largest absolute Gasteiger partial charge is 0.399 e. The minimum atomic E-state index is 0.584. The Morgan fingerprint density at radius 3 is 2.09 bits per heavy atom. The van der Waals surface area contributed by atoms with Crippen LogP contribution in [0, 0.1) is 0 Å². The Balaban J connectivity index is 2.24. The van der Waals surface area contributed by atoms with Crippen LogP contribution in [0.15, 0.2) is 60.7 Å². The third-order valence-electron chi connectivity index (χ3n) is 4.01. The van der Waals surface area contributed by atoms with Gasteiger partial charge in [0.05, 0.1) is 22.4 Å². The summed E-state index contributed by atoms with van der Waals surface area (Å²) in [5, 5.41) is 2.13. The van der Waals surface area contributed by atoms with Crippen LogP contribution in [0.25, 0.3) is 27.5 Å². The van der Waals surface area contributed by atoms with Crippen LogP contribution in [-0.2, 0) is 0 Å². The van der Waals surface area contributed by atoms with Crippen molar-refractivity contribution in [2.24, 2.45) is 0 Å². The van der Waals surface area contributed by atoms with E-state index in [-0.39, 0.29) is 0 Å². The number of aromatic nitrogens is 1. The van der Waals surface area contributed by atoms with Crippen molar-refractivity contribution >= 4 is 38.9 Å². The molecule has 0 aliphatic carbocycles. The van der Waals surface area contributed by atoms with Crippen LogP contribution in [0.1, 0.15) is 0 Å². The number of rotatable bonds is 1. The van der Waals surface area contributed by atoms with Crippen molar-refractivity contribution in [1.29, 1.82) is 0 Å². The molecule has 1 heterocycles. The fourth-order valence-electron chi connectivity index (χ4n) is 2.97. The molecule has 0 aliphatic rings. The van der Waals surface area contributed by atoms with Crippen LogP contribution in [-0.4, -0.2) is 4.57 Å². The zero-order chi connectivity index (χ0) is 15.3. The maximum absolute atomic E-state index is 6.02. The first kappa shape index (κ1) is 12.6. The number of benzene rings is 3. The lowest BCUT2D eigenvalue weighted by atomic mass is 10.1. The summed E-state index contributed by atoms with van der Waals surface area (Å²) in [5.41, 5.74) is 23.1. The maximum atomic E-state index is 6.02. The molecule has 4 nitrogen and oxygen atoms in total. The lowest BCUT2D eigenvalue weighted by Crippen LogP contribution is -1.97. The predicted octanol–water partition coefficient (Wildman–Crippen LogP) is 3.53. The molecular weight excluding hydrogens is 272 g/mol. The van der Waals surface area contributed by atoms with Crippen molar-refractivity contribution in [2.45, 2.75) is 0 Å². The van der Waals surface area contributed by atoms with E-state index in [9.17, 15) is 0 Å². The van der Waals surface area contributed by atoms with E-state index >= 15 is 0 Å². The van der Waals surface area contributed by atoms with Crippen molar-refractivity contribution in [1.82, 2.24) is 4.57 Å². The predicted molar refractivity (Wildman–Crippen MR) is 94.0 cm³/mol. The Hall–Kier alpha value is -3.14. The van der Waals surface area contributed by atoms with Gasteiger partial charge in [-0.05, 0) is 42.5 Å². The third kappa shape index (κ3) is 1.71. The fraction of sp³-hybridized carbons (Fsp3) is 0. The summed E-state index contributed by atoms with van der Waals surface area (Å²) in [6.07, 6.45) is 0. The van der Waals surface area contributed by atoms with Crippen molar-refractivity contribution in [3.8, 4) is 5.69 Å². The second kappa shape index (κ2) is 4.43. The highest BCUT2D eigenvalue weighted by Crippen LogP contribution is 2.36. The molecule has 1 aromatic heterocycles. The van der Waals surface area contributed by atoms with Gasteiger partial charge >= 0.3 is 0 Å². The number of nitrogens with zero attached hydrogens (tertiary/aromatic N) is 1. The van der Waals surface area contributed by atoms with Crippen molar-refractivity contribution in [2.75, 3.05) is 17.2 Å². The second-order valence-corrected chi connectivity index (χ2v) is 5.45. The van der Waals surface area contributed by atoms with E-state index < -0.39 is 0 Å². The van der Waals surface area contributed by atoms with Gasteiger partial charge in [0.1, 0.15) is 0 Å². The molecule has 108 valence electrons. The van der Waals surface area contributed by atoms with Gasteiger partial charge in [-0.3, -0.25) is 0 Å². The number of nitrogens with two attached hydrogens (primary N) is 3. The molecule has 0 bridgehead atoms. The quantitative estimate of drug-likeness (QED) is 0.468. The average Bonchev–Trinajstić information content (AvgIpc) is 2.82. The molecule has 22 heavy (non-hydrogen) atoms. The van der Waals surface area contributed by atoms with E-state index in [1.165, 1.54) is 0 Å². The van der Waals surface area contributed by atoms with Crippen LogP contribution in [0.2, 0.25) is 0 Å². The van der Waals surface area contributed by atoms with Crippen LogP contribution >= 0.6 is 0 Å². The average molecular weight is 288 g/mol. The van der Waals surface area contributed by atoms with Gasteiger partial charge in [-0.15, -0.1) is 0 Å². The van der Waals surface area contributed by atoms with Gasteiger partial charge in [-0.25, -0.2) is 0 Å². The normalized spacial score (nSPS) is 11.3. The smallest absolute Gasteiger partial charge is 0.0569 e. The molecule has 0 unspecified atom stereocenters. The van der Waals surface area contributed by atoms with Crippen LogP contribution in [0.3, 0.4) is 0 Å². The lowest BCUT2D eigenvalue weighted by molar-refractivity contribution is 1.18. The first-order valence-electron chi connectivity index (χ1n) is 7.09. The minimum Gasteiger partial charge on any atom is -0.399 e. The van der Waals surface area contributed by atoms with Gasteiger partial charge in [0, 0.05) is 22.1 Å². The molecule has 0 atom stereocenters. The Morgan fingerprint density at radius 1 is 0.636 bits per heavy atom. The van der Waals surface area contributed by atoms with Gasteiger partial charge in [0.15, 0.2) is 0 Å². The summed E-state index contributed by atoms with van der Waals surface area (Å²) in [6, 6.07) is 19.9. The summed E-state index contributed by atoms with van der Waals surface area (Å²) in [6.45, 7) is 0. The molecule has 4 heteroatoms. The molecule has 0 amide bonds. The molecule has 0 aliphatic heterocycles. The summed E-state index contributed by atoms with van der Waals surface area (Å²) in [7, 11) is 0. The number of hydrogen-bond acceptors (Lipinski definition) is 3. The topological polar surface area (TPSA) is 83.0 Å². The number of hydrogen-bond donors (Lipinski definition) is 3. The molecule has 4 rings (SSSR count). The molecule has 0 fully saturated rings. The molecule has 0 radical (unpaired) electrons. The van der Waals surface area contributed by atoms with Crippen LogP contribution in [0.4, 0.5) is 17.1 Å². The maximum Gasteiger partial charge on any atom is 0.0569 e. The van der Waals surface area contributed by atoms with Crippen molar-refractivity contribution in [3.63, 3.8) is 0 Å². The van der Waals surface area contributed by atoms with Gasteiger partial charge in [-0.1, -0.05) is 18.2 Å². The highest BCUT2D eigenvalue weighted by Gasteiger charge is 2.13.